The van der Waals surface area contributed by atoms with Crippen LogP contribution in [0.5, 0.6) is 5.75 Å². The predicted octanol–water partition coefficient (Wildman–Crippen LogP) is 4.21. The SMILES string of the molecule is Oc1c(I)cc(I)cc1/C=N/Nc1nc(N2CCCCC2)nc(N2CCCCC2)n1. The van der Waals surface area contributed by atoms with Gasteiger partial charge < -0.3 is 14.9 Å². The minimum Gasteiger partial charge on any atom is -0.506 e. The number of hydrogen-bond donors (Lipinski definition) is 2. The molecule has 1 aromatic carbocycles. The van der Waals surface area contributed by atoms with Gasteiger partial charge in [-0.25, -0.2) is 5.43 Å². The van der Waals surface area contributed by atoms with Gasteiger partial charge in [-0.2, -0.15) is 20.1 Å². The van der Waals surface area contributed by atoms with Gasteiger partial charge in [0, 0.05) is 35.3 Å². The Morgan fingerprint density at radius 2 is 1.43 bits per heavy atom. The number of benzene rings is 1. The van der Waals surface area contributed by atoms with Gasteiger partial charge in [-0.1, -0.05) is 0 Å². The topological polar surface area (TPSA) is 89.8 Å². The Balaban J connectivity index is 1.58. The van der Waals surface area contributed by atoms with Gasteiger partial charge in [0.2, 0.25) is 17.8 Å². The molecule has 0 aliphatic carbocycles. The van der Waals surface area contributed by atoms with Crippen LogP contribution in [0.4, 0.5) is 17.8 Å². The number of rotatable bonds is 5. The number of piperidine rings is 2. The standard InChI is InChI=1S/C20H25I2N7O/c21-15-11-14(17(30)16(22)12-15)13-23-27-18-24-19(28-7-3-1-4-8-28)26-20(25-18)29-9-5-2-6-10-29/h11-13,30H,1-10H2,(H,24,25,26,27)/b23-13+. The molecular formula is C20H25I2N7O. The van der Waals surface area contributed by atoms with Crippen LogP contribution >= 0.6 is 45.2 Å². The molecule has 2 saturated heterocycles. The molecule has 0 atom stereocenters. The molecule has 0 saturated carbocycles. The lowest BCUT2D eigenvalue weighted by Crippen LogP contribution is -2.34. The van der Waals surface area contributed by atoms with Crippen LogP contribution in [0.25, 0.3) is 0 Å². The van der Waals surface area contributed by atoms with Crippen LogP contribution in [0.2, 0.25) is 0 Å². The lowest BCUT2D eigenvalue weighted by molar-refractivity contribution is 0.470. The van der Waals surface area contributed by atoms with E-state index in [1.165, 1.54) is 12.8 Å². The van der Waals surface area contributed by atoms with E-state index in [-0.39, 0.29) is 5.75 Å². The average Bonchev–Trinajstić information content (AvgIpc) is 2.78. The van der Waals surface area contributed by atoms with E-state index >= 15 is 0 Å². The van der Waals surface area contributed by atoms with Gasteiger partial charge in [0.05, 0.1) is 9.78 Å². The number of anilines is 3. The molecule has 30 heavy (non-hydrogen) atoms. The third kappa shape index (κ3) is 5.42. The third-order valence-electron chi connectivity index (χ3n) is 5.32. The van der Waals surface area contributed by atoms with E-state index in [9.17, 15) is 5.11 Å². The van der Waals surface area contributed by atoms with Crippen LogP contribution in [0.3, 0.4) is 0 Å². The van der Waals surface area contributed by atoms with Crippen molar-refractivity contribution in [3.63, 3.8) is 0 Å². The molecular weight excluding hydrogens is 608 g/mol. The number of nitrogens with zero attached hydrogens (tertiary/aromatic N) is 6. The van der Waals surface area contributed by atoms with Crippen LogP contribution in [-0.2, 0) is 0 Å². The second-order valence-electron chi connectivity index (χ2n) is 7.55. The van der Waals surface area contributed by atoms with E-state index < -0.39 is 0 Å². The van der Waals surface area contributed by atoms with Gasteiger partial charge in [-0.15, -0.1) is 0 Å². The minimum absolute atomic E-state index is 0.222. The lowest BCUT2D eigenvalue weighted by atomic mass is 10.1. The van der Waals surface area contributed by atoms with E-state index in [0.29, 0.717) is 11.5 Å². The number of halogens is 2. The van der Waals surface area contributed by atoms with Crippen molar-refractivity contribution < 1.29 is 5.11 Å². The highest BCUT2D eigenvalue weighted by atomic mass is 127. The normalized spacial score (nSPS) is 17.5. The largest absolute Gasteiger partial charge is 0.506 e. The third-order valence-corrected chi connectivity index (χ3v) is 6.76. The van der Waals surface area contributed by atoms with Gasteiger partial charge in [-0.3, -0.25) is 0 Å². The van der Waals surface area contributed by atoms with Crippen LogP contribution in [0.1, 0.15) is 44.1 Å². The molecule has 2 aliphatic rings. The van der Waals surface area contributed by atoms with Crippen molar-refractivity contribution in [1.82, 2.24) is 15.0 Å². The highest BCUT2D eigenvalue weighted by molar-refractivity contribution is 14.1. The highest BCUT2D eigenvalue weighted by Crippen LogP contribution is 2.26. The molecule has 8 nitrogen and oxygen atoms in total. The summed E-state index contributed by atoms with van der Waals surface area (Å²) >= 11 is 4.34. The lowest BCUT2D eigenvalue weighted by Gasteiger charge is -2.30. The maximum absolute atomic E-state index is 10.3. The molecule has 0 unspecified atom stereocenters. The van der Waals surface area contributed by atoms with Crippen molar-refractivity contribution in [3.05, 3.63) is 24.8 Å². The summed E-state index contributed by atoms with van der Waals surface area (Å²) in [6.45, 7) is 3.89. The second kappa shape index (κ2) is 10.2. The zero-order valence-electron chi connectivity index (χ0n) is 16.7. The molecule has 0 amide bonds. The molecule has 0 bridgehead atoms. The van der Waals surface area contributed by atoms with E-state index in [1.807, 2.05) is 12.1 Å². The Labute approximate surface area is 203 Å². The summed E-state index contributed by atoms with van der Waals surface area (Å²) in [6, 6.07) is 3.80. The van der Waals surface area contributed by atoms with Crippen molar-refractivity contribution in [2.75, 3.05) is 41.4 Å². The van der Waals surface area contributed by atoms with E-state index in [2.05, 4.69) is 75.5 Å². The molecule has 0 radical (unpaired) electrons. The van der Waals surface area contributed by atoms with Gasteiger partial charge in [0.15, 0.2) is 0 Å². The number of hydrazone groups is 1. The Morgan fingerprint density at radius 1 is 0.867 bits per heavy atom. The van der Waals surface area contributed by atoms with E-state index in [1.54, 1.807) is 6.21 Å². The van der Waals surface area contributed by atoms with Gasteiger partial charge in [0.25, 0.3) is 0 Å². The van der Waals surface area contributed by atoms with Gasteiger partial charge >= 0.3 is 0 Å². The molecule has 3 heterocycles. The first-order valence-electron chi connectivity index (χ1n) is 10.3. The molecule has 2 aromatic rings. The minimum atomic E-state index is 0.222. The molecule has 4 rings (SSSR count). The molecule has 160 valence electrons. The predicted molar refractivity (Wildman–Crippen MR) is 137 cm³/mol. The number of aromatic hydroxyl groups is 1. The second-order valence-corrected chi connectivity index (χ2v) is 9.96. The first-order valence-corrected chi connectivity index (χ1v) is 12.5. The van der Waals surface area contributed by atoms with Gasteiger partial charge in [-0.05, 0) is 95.8 Å². The Morgan fingerprint density at radius 3 is 2.00 bits per heavy atom. The molecule has 2 aliphatic heterocycles. The van der Waals surface area contributed by atoms with E-state index in [0.717, 1.165) is 70.9 Å². The average molecular weight is 633 g/mol. The molecule has 2 N–H and O–H groups in total. The Kier molecular flexibility index (Phi) is 7.44. The van der Waals surface area contributed by atoms with Crippen molar-refractivity contribution in [3.8, 4) is 5.75 Å². The summed E-state index contributed by atoms with van der Waals surface area (Å²) < 4.78 is 1.83. The number of aromatic nitrogens is 3. The summed E-state index contributed by atoms with van der Waals surface area (Å²) in [7, 11) is 0. The summed E-state index contributed by atoms with van der Waals surface area (Å²) in [4.78, 5) is 18.5. The smallest absolute Gasteiger partial charge is 0.250 e. The van der Waals surface area contributed by atoms with Crippen LogP contribution in [-0.4, -0.2) is 52.5 Å². The van der Waals surface area contributed by atoms with Crippen LogP contribution < -0.4 is 15.2 Å². The van der Waals surface area contributed by atoms with Crippen LogP contribution in [0.15, 0.2) is 17.2 Å². The first kappa shape index (κ1) is 21.8. The van der Waals surface area contributed by atoms with E-state index in [4.69, 9.17) is 4.98 Å². The quantitative estimate of drug-likeness (QED) is 0.290. The van der Waals surface area contributed by atoms with Gasteiger partial charge in [0.1, 0.15) is 5.75 Å². The Hall–Kier alpha value is -1.44. The monoisotopic (exact) mass is 633 g/mol. The number of phenols is 1. The summed E-state index contributed by atoms with van der Waals surface area (Å²) in [6.07, 6.45) is 8.77. The maximum atomic E-state index is 10.3. The number of hydrogen-bond acceptors (Lipinski definition) is 8. The van der Waals surface area contributed by atoms with Crippen molar-refractivity contribution in [2.24, 2.45) is 5.10 Å². The Bertz CT molecular complexity index is 876. The first-order chi connectivity index (χ1) is 14.6. The summed E-state index contributed by atoms with van der Waals surface area (Å²) in [5, 5.41) is 14.6. The molecule has 0 spiro atoms. The van der Waals surface area contributed by atoms with Crippen molar-refractivity contribution >= 4 is 69.2 Å². The maximum Gasteiger partial charge on any atom is 0.250 e. The molecule has 10 heteroatoms. The fourth-order valence-electron chi connectivity index (χ4n) is 3.72. The number of nitrogens with one attached hydrogen (secondary N) is 1. The summed E-state index contributed by atoms with van der Waals surface area (Å²) in [5.74, 6) is 2.09. The number of phenolic OH excluding ortho intramolecular Hbond substituents is 1. The van der Waals surface area contributed by atoms with Crippen LogP contribution in [0, 0.1) is 7.14 Å². The fourth-order valence-corrected chi connectivity index (χ4v) is 5.61. The summed E-state index contributed by atoms with van der Waals surface area (Å²) in [5.41, 5.74) is 3.61. The highest BCUT2D eigenvalue weighted by Gasteiger charge is 2.20. The van der Waals surface area contributed by atoms with Crippen molar-refractivity contribution in [1.29, 1.82) is 0 Å². The van der Waals surface area contributed by atoms with Crippen molar-refractivity contribution in [2.45, 2.75) is 38.5 Å². The molecule has 1 aromatic heterocycles. The zero-order chi connectivity index (χ0) is 20.9. The zero-order valence-corrected chi connectivity index (χ0v) is 21.0. The fraction of sp³-hybridized carbons (Fsp3) is 0.500. The molecule has 2 fully saturated rings.